The van der Waals surface area contributed by atoms with Crippen molar-refractivity contribution >= 4 is 0 Å². The van der Waals surface area contributed by atoms with Crippen molar-refractivity contribution < 1.29 is 4.74 Å². The third-order valence-electron chi connectivity index (χ3n) is 2.80. The number of ether oxygens (including phenoxy) is 1. The van der Waals surface area contributed by atoms with Gasteiger partial charge in [0.25, 0.3) is 0 Å². The molecule has 0 aliphatic carbocycles. The second kappa shape index (κ2) is 6.53. The summed E-state index contributed by atoms with van der Waals surface area (Å²) in [6.07, 6.45) is 3.54. The molecule has 0 saturated carbocycles. The maximum absolute atomic E-state index is 8.91. The summed E-state index contributed by atoms with van der Waals surface area (Å²) in [4.78, 5) is 3.98. The summed E-state index contributed by atoms with van der Waals surface area (Å²) in [6.45, 7) is 1.41. The highest BCUT2D eigenvalue weighted by Crippen LogP contribution is 2.19. The van der Waals surface area contributed by atoms with Crippen LogP contribution in [0.5, 0.6) is 5.75 Å². The molecule has 1 aromatic carbocycles. The van der Waals surface area contributed by atoms with Crippen LogP contribution in [0.25, 0.3) is 0 Å². The van der Waals surface area contributed by atoms with E-state index in [1.165, 1.54) is 5.56 Å². The van der Waals surface area contributed by atoms with Crippen LogP contribution in [0.3, 0.4) is 0 Å². The molecule has 1 heterocycles. The third kappa shape index (κ3) is 3.54. The molecule has 0 atom stereocenters. The van der Waals surface area contributed by atoms with Crippen LogP contribution in [-0.4, -0.2) is 12.1 Å². The van der Waals surface area contributed by atoms with Crippen molar-refractivity contribution in [3.63, 3.8) is 0 Å². The van der Waals surface area contributed by atoms with Gasteiger partial charge in [-0.15, -0.1) is 0 Å². The van der Waals surface area contributed by atoms with Gasteiger partial charge in [0, 0.05) is 31.0 Å². The Kier molecular flexibility index (Phi) is 4.49. The lowest BCUT2D eigenvalue weighted by Crippen LogP contribution is -2.13. The van der Waals surface area contributed by atoms with Gasteiger partial charge in [-0.3, -0.25) is 4.98 Å². The molecule has 2 rings (SSSR count). The number of hydrogen-bond donors (Lipinski definition) is 1. The number of methoxy groups -OCH3 is 1. The molecule has 0 spiro atoms. The molecule has 19 heavy (non-hydrogen) atoms. The van der Waals surface area contributed by atoms with Crippen molar-refractivity contribution in [1.82, 2.24) is 10.3 Å². The van der Waals surface area contributed by atoms with E-state index < -0.39 is 0 Å². The number of nitrogens with one attached hydrogen (secondary N) is 1. The first-order chi connectivity index (χ1) is 9.33. The Morgan fingerprint density at radius 3 is 2.68 bits per heavy atom. The summed E-state index contributed by atoms with van der Waals surface area (Å²) in [7, 11) is 1.63. The summed E-state index contributed by atoms with van der Waals surface area (Å²) >= 11 is 0. The Morgan fingerprint density at radius 2 is 2.00 bits per heavy atom. The first-order valence-corrected chi connectivity index (χ1v) is 6.00. The lowest BCUT2D eigenvalue weighted by Gasteiger charge is -2.10. The van der Waals surface area contributed by atoms with Gasteiger partial charge in [0.15, 0.2) is 0 Å². The zero-order valence-corrected chi connectivity index (χ0v) is 10.8. The zero-order chi connectivity index (χ0) is 13.5. The van der Waals surface area contributed by atoms with Crippen LogP contribution < -0.4 is 10.1 Å². The van der Waals surface area contributed by atoms with Crippen molar-refractivity contribution in [2.75, 3.05) is 7.11 Å². The van der Waals surface area contributed by atoms with E-state index in [2.05, 4.69) is 16.4 Å². The van der Waals surface area contributed by atoms with Gasteiger partial charge < -0.3 is 10.1 Å². The molecule has 1 N–H and O–H groups in total. The number of benzene rings is 1. The van der Waals surface area contributed by atoms with Crippen LogP contribution in [0.1, 0.15) is 16.7 Å². The summed E-state index contributed by atoms with van der Waals surface area (Å²) in [5.74, 6) is 0.793. The van der Waals surface area contributed by atoms with Crippen molar-refractivity contribution in [2.24, 2.45) is 0 Å². The number of nitrogens with zero attached hydrogens (tertiary/aromatic N) is 2. The van der Waals surface area contributed by atoms with E-state index in [9.17, 15) is 0 Å². The molecule has 0 fully saturated rings. The minimum atomic E-state index is 0.640. The highest BCUT2D eigenvalue weighted by Gasteiger charge is 2.04. The molecule has 4 heteroatoms. The molecule has 0 bridgehead atoms. The molecular formula is C15H15N3O. The maximum atomic E-state index is 8.91. The van der Waals surface area contributed by atoms with E-state index in [0.717, 1.165) is 17.9 Å². The van der Waals surface area contributed by atoms with E-state index in [1.54, 1.807) is 25.6 Å². The Labute approximate surface area is 112 Å². The molecule has 0 unspecified atom stereocenters. The van der Waals surface area contributed by atoms with E-state index in [1.807, 2.05) is 24.3 Å². The molecule has 1 aromatic heterocycles. The Bertz CT molecular complexity index is 576. The third-order valence-corrected chi connectivity index (χ3v) is 2.80. The molecule has 4 nitrogen and oxygen atoms in total. The molecule has 2 aromatic rings. The van der Waals surface area contributed by atoms with E-state index in [-0.39, 0.29) is 0 Å². The Hall–Kier alpha value is -2.38. The predicted octanol–water partition coefficient (Wildman–Crippen LogP) is 2.25. The van der Waals surface area contributed by atoms with Crippen LogP contribution in [0.15, 0.2) is 42.7 Å². The number of pyridine rings is 1. The molecular weight excluding hydrogens is 238 g/mol. The topological polar surface area (TPSA) is 57.9 Å². The van der Waals surface area contributed by atoms with Crippen LogP contribution in [0.4, 0.5) is 0 Å². The van der Waals surface area contributed by atoms with Crippen molar-refractivity contribution in [2.45, 2.75) is 13.1 Å². The number of aromatic nitrogens is 1. The van der Waals surface area contributed by atoms with Gasteiger partial charge in [-0.25, -0.2) is 0 Å². The quantitative estimate of drug-likeness (QED) is 0.888. The van der Waals surface area contributed by atoms with Crippen LogP contribution in [0.2, 0.25) is 0 Å². The lowest BCUT2D eigenvalue weighted by atomic mass is 10.1. The van der Waals surface area contributed by atoms with Gasteiger partial charge in [-0.1, -0.05) is 0 Å². The molecule has 96 valence electrons. The largest absolute Gasteiger partial charge is 0.496 e. The molecule has 0 radical (unpaired) electrons. The van der Waals surface area contributed by atoms with Crippen molar-refractivity contribution in [3.05, 3.63) is 59.4 Å². The highest BCUT2D eigenvalue weighted by atomic mass is 16.5. The first-order valence-electron chi connectivity index (χ1n) is 6.00. The summed E-state index contributed by atoms with van der Waals surface area (Å²) in [6, 6.07) is 11.5. The van der Waals surface area contributed by atoms with Gasteiger partial charge >= 0.3 is 0 Å². The van der Waals surface area contributed by atoms with Crippen molar-refractivity contribution in [3.8, 4) is 11.8 Å². The SMILES string of the molecule is COc1ccc(C#N)cc1CNCc1ccncc1. The minimum Gasteiger partial charge on any atom is -0.496 e. The second-order valence-electron chi connectivity index (χ2n) is 4.10. The monoisotopic (exact) mass is 253 g/mol. The summed E-state index contributed by atoms with van der Waals surface area (Å²) < 4.78 is 5.29. The van der Waals surface area contributed by atoms with Gasteiger partial charge in [0.2, 0.25) is 0 Å². The fraction of sp³-hybridized carbons (Fsp3) is 0.200. The number of rotatable bonds is 5. The number of hydrogen-bond acceptors (Lipinski definition) is 4. The van der Waals surface area contributed by atoms with Crippen LogP contribution >= 0.6 is 0 Å². The Morgan fingerprint density at radius 1 is 1.21 bits per heavy atom. The summed E-state index contributed by atoms with van der Waals surface area (Å²) in [5.41, 5.74) is 2.79. The maximum Gasteiger partial charge on any atom is 0.123 e. The fourth-order valence-corrected chi connectivity index (χ4v) is 1.83. The number of nitriles is 1. The van der Waals surface area contributed by atoms with Crippen molar-refractivity contribution in [1.29, 1.82) is 5.26 Å². The average molecular weight is 253 g/mol. The van der Waals surface area contributed by atoms with Gasteiger partial charge in [0.05, 0.1) is 18.7 Å². The predicted molar refractivity (Wildman–Crippen MR) is 72.5 cm³/mol. The van der Waals surface area contributed by atoms with Gasteiger partial charge in [-0.05, 0) is 35.9 Å². The normalized spacial score (nSPS) is 9.89. The van der Waals surface area contributed by atoms with Crippen LogP contribution in [0, 0.1) is 11.3 Å². The van der Waals surface area contributed by atoms with E-state index in [4.69, 9.17) is 10.00 Å². The van der Waals surface area contributed by atoms with E-state index >= 15 is 0 Å². The zero-order valence-electron chi connectivity index (χ0n) is 10.8. The molecule has 0 saturated heterocycles. The molecule has 0 aliphatic heterocycles. The molecule has 0 amide bonds. The summed E-state index contributed by atoms with van der Waals surface area (Å²) in [5, 5.41) is 12.2. The van der Waals surface area contributed by atoms with Gasteiger partial charge in [0.1, 0.15) is 5.75 Å². The highest BCUT2D eigenvalue weighted by molar-refractivity contribution is 5.42. The second-order valence-corrected chi connectivity index (χ2v) is 4.10. The Balaban J connectivity index is 2.01. The minimum absolute atomic E-state index is 0.640. The smallest absolute Gasteiger partial charge is 0.123 e. The van der Waals surface area contributed by atoms with E-state index in [0.29, 0.717) is 12.1 Å². The average Bonchev–Trinajstić information content (AvgIpc) is 2.48. The first kappa shape index (κ1) is 13.1. The lowest BCUT2D eigenvalue weighted by molar-refractivity contribution is 0.407. The van der Waals surface area contributed by atoms with Crippen LogP contribution in [-0.2, 0) is 13.1 Å². The molecule has 0 aliphatic rings. The standard InChI is InChI=1S/C15H15N3O/c1-19-15-3-2-13(9-16)8-14(15)11-18-10-12-4-6-17-7-5-12/h2-8,18H,10-11H2,1H3. The fourth-order valence-electron chi connectivity index (χ4n) is 1.83. The van der Waals surface area contributed by atoms with Gasteiger partial charge in [-0.2, -0.15) is 5.26 Å².